The van der Waals surface area contributed by atoms with Crippen molar-refractivity contribution < 1.29 is 0 Å². The van der Waals surface area contributed by atoms with E-state index in [1.807, 2.05) is 0 Å². The highest BCUT2D eigenvalue weighted by Gasteiger charge is 2.06. The predicted octanol–water partition coefficient (Wildman–Crippen LogP) is 2.81. The van der Waals surface area contributed by atoms with Crippen molar-refractivity contribution in [1.82, 2.24) is 9.80 Å². The van der Waals surface area contributed by atoms with Crippen molar-refractivity contribution in [2.24, 2.45) is 0 Å². The van der Waals surface area contributed by atoms with Gasteiger partial charge >= 0.3 is 0 Å². The number of anilines is 1. The van der Waals surface area contributed by atoms with E-state index in [1.54, 1.807) is 0 Å². The zero-order chi connectivity index (χ0) is 14.5. The normalized spacial score (nSPS) is 11.7. The van der Waals surface area contributed by atoms with Gasteiger partial charge in [0.25, 0.3) is 0 Å². The maximum Gasteiger partial charge on any atom is 0.0366 e. The largest absolute Gasteiger partial charge is 0.398 e. The summed E-state index contributed by atoms with van der Waals surface area (Å²) in [4.78, 5) is 4.56. The minimum atomic E-state index is 0.892. The van der Waals surface area contributed by atoms with Crippen molar-refractivity contribution in [3.05, 3.63) is 42.0 Å². The van der Waals surface area contributed by atoms with Crippen LogP contribution in [0.15, 0.2) is 36.4 Å². The molecule has 3 nitrogen and oxygen atoms in total. The van der Waals surface area contributed by atoms with Gasteiger partial charge in [-0.15, -0.1) is 0 Å². The molecule has 2 rings (SSSR count). The lowest BCUT2D eigenvalue weighted by Gasteiger charge is -2.19. The minimum Gasteiger partial charge on any atom is -0.398 e. The molecule has 0 saturated carbocycles. The van der Waals surface area contributed by atoms with Gasteiger partial charge in [-0.25, -0.2) is 0 Å². The summed E-state index contributed by atoms with van der Waals surface area (Å²) in [5.41, 5.74) is 8.29. The Morgan fingerprint density at radius 3 is 2.25 bits per heavy atom. The van der Waals surface area contributed by atoms with E-state index >= 15 is 0 Å². The number of benzene rings is 2. The molecule has 0 fully saturated rings. The fourth-order valence-electron chi connectivity index (χ4n) is 2.47. The molecule has 0 bridgehead atoms. The molecule has 0 heterocycles. The Balaban J connectivity index is 2.03. The standard InChI is InChI=1S/C17H25N3/c1-19(2)9-6-10-20(3)13-16-11-14-7-4-5-8-15(14)12-17(16)18/h4-5,7-8,11-12H,6,9-10,13,18H2,1-3H3. The first kappa shape index (κ1) is 14.8. The molecule has 0 aromatic heterocycles. The minimum absolute atomic E-state index is 0.892. The Morgan fingerprint density at radius 1 is 0.950 bits per heavy atom. The first-order valence-electron chi connectivity index (χ1n) is 7.16. The van der Waals surface area contributed by atoms with E-state index in [0.29, 0.717) is 0 Å². The Kier molecular flexibility index (Phi) is 4.99. The summed E-state index contributed by atoms with van der Waals surface area (Å²) in [6.07, 6.45) is 1.18. The van der Waals surface area contributed by atoms with E-state index in [-0.39, 0.29) is 0 Å². The molecule has 2 aromatic rings. The maximum absolute atomic E-state index is 6.18. The van der Waals surface area contributed by atoms with Crippen molar-refractivity contribution in [3.8, 4) is 0 Å². The van der Waals surface area contributed by atoms with Gasteiger partial charge in [-0.2, -0.15) is 0 Å². The molecule has 3 heteroatoms. The number of hydrogen-bond acceptors (Lipinski definition) is 3. The Labute approximate surface area is 122 Å². The number of fused-ring (bicyclic) bond motifs is 1. The SMILES string of the molecule is CN(C)CCCN(C)Cc1cc2ccccc2cc1N. The van der Waals surface area contributed by atoms with Crippen LogP contribution in [-0.2, 0) is 6.54 Å². The third-order valence-electron chi connectivity index (χ3n) is 3.59. The second-order valence-electron chi connectivity index (χ2n) is 5.79. The van der Waals surface area contributed by atoms with Crippen molar-refractivity contribution >= 4 is 16.5 Å². The summed E-state index contributed by atoms with van der Waals surface area (Å²) in [6.45, 7) is 3.12. The molecule has 0 aliphatic heterocycles. The lowest BCUT2D eigenvalue weighted by Crippen LogP contribution is -2.23. The van der Waals surface area contributed by atoms with Gasteiger partial charge in [0.05, 0.1) is 0 Å². The zero-order valence-corrected chi connectivity index (χ0v) is 12.8. The average Bonchev–Trinajstić information content (AvgIpc) is 2.39. The van der Waals surface area contributed by atoms with Crippen LogP contribution < -0.4 is 5.73 Å². The van der Waals surface area contributed by atoms with Crippen LogP contribution in [-0.4, -0.2) is 44.0 Å². The number of nitrogens with two attached hydrogens (primary N) is 1. The van der Waals surface area contributed by atoms with Gasteiger partial charge < -0.3 is 15.5 Å². The topological polar surface area (TPSA) is 32.5 Å². The Hall–Kier alpha value is -1.58. The molecule has 0 spiro atoms. The molecule has 0 atom stereocenters. The smallest absolute Gasteiger partial charge is 0.0366 e. The first-order valence-corrected chi connectivity index (χ1v) is 7.16. The molecule has 0 unspecified atom stereocenters. The van der Waals surface area contributed by atoms with Crippen LogP contribution in [0.2, 0.25) is 0 Å². The average molecular weight is 271 g/mol. The van der Waals surface area contributed by atoms with Gasteiger partial charge in [0, 0.05) is 12.2 Å². The maximum atomic E-state index is 6.18. The molecule has 108 valence electrons. The molecule has 2 aromatic carbocycles. The highest BCUT2D eigenvalue weighted by molar-refractivity contribution is 5.86. The molecule has 0 aliphatic carbocycles. The van der Waals surface area contributed by atoms with Crippen molar-refractivity contribution in [2.75, 3.05) is 40.0 Å². The molecule has 0 radical (unpaired) electrons. The number of nitrogens with zero attached hydrogens (tertiary/aromatic N) is 2. The van der Waals surface area contributed by atoms with Crippen LogP contribution in [0.4, 0.5) is 5.69 Å². The third-order valence-corrected chi connectivity index (χ3v) is 3.59. The van der Waals surface area contributed by atoms with Crippen molar-refractivity contribution in [2.45, 2.75) is 13.0 Å². The Morgan fingerprint density at radius 2 is 1.60 bits per heavy atom. The molecule has 2 N–H and O–H groups in total. The highest BCUT2D eigenvalue weighted by Crippen LogP contribution is 2.22. The second kappa shape index (κ2) is 6.73. The van der Waals surface area contributed by atoms with Crippen LogP contribution in [0.3, 0.4) is 0 Å². The lowest BCUT2D eigenvalue weighted by atomic mass is 10.0. The molecular formula is C17H25N3. The first-order chi connectivity index (χ1) is 9.56. The summed E-state index contributed by atoms with van der Waals surface area (Å²) >= 11 is 0. The van der Waals surface area contributed by atoms with Gasteiger partial charge in [-0.1, -0.05) is 24.3 Å². The van der Waals surface area contributed by atoms with Crippen molar-refractivity contribution in [3.63, 3.8) is 0 Å². The monoisotopic (exact) mass is 271 g/mol. The molecule has 0 amide bonds. The number of rotatable bonds is 6. The third kappa shape index (κ3) is 3.95. The molecule has 20 heavy (non-hydrogen) atoms. The van der Waals surface area contributed by atoms with Crippen LogP contribution >= 0.6 is 0 Å². The van der Waals surface area contributed by atoms with Crippen LogP contribution in [0, 0.1) is 0 Å². The van der Waals surface area contributed by atoms with Crippen LogP contribution in [0.5, 0.6) is 0 Å². The fourth-order valence-corrected chi connectivity index (χ4v) is 2.47. The zero-order valence-electron chi connectivity index (χ0n) is 12.8. The van der Waals surface area contributed by atoms with E-state index in [9.17, 15) is 0 Å². The van der Waals surface area contributed by atoms with Crippen LogP contribution in [0.25, 0.3) is 10.8 Å². The van der Waals surface area contributed by atoms with Crippen molar-refractivity contribution in [1.29, 1.82) is 0 Å². The quantitative estimate of drug-likeness (QED) is 0.820. The van der Waals surface area contributed by atoms with Gasteiger partial charge in [-0.05, 0) is 69.1 Å². The number of hydrogen-bond donors (Lipinski definition) is 1. The van der Waals surface area contributed by atoms with Crippen LogP contribution in [0.1, 0.15) is 12.0 Å². The summed E-state index contributed by atoms with van der Waals surface area (Å²) in [5.74, 6) is 0. The van der Waals surface area contributed by atoms with Gasteiger partial charge in [-0.3, -0.25) is 0 Å². The second-order valence-corrected chi connectivity index (χ2v) is 5.79. The van der Waals surface area contributed by atoms with E-state index in [4.69, 9.17) is 5.73 Å². The molecule has 0 saturated heterocycles. The van der Waals surface area contributed by atoms with E-state index in [0.717, 1.165) is 25.3 Å². The summed E-state index contributed by atoms with van der Waals surface area (Å²) in [7, 11) is 6.38. The molecular weight excluding hydrogens is 246 g/mol. The Bertz CT molecular complexity index is 563. The summed E-state index contributed by atoms with van der Waals surface area (Å²) < 4.78 is 0. The van der Waals surface area contributed by atoms with E-state index < -0.39 is 0 Å². The van der Waals surface area contributed by atoms with Gasteiger partial charge in [0.2, 0.25) is 0 Å². The summed E-state index contributed by atoms with van der Waals surface area (Å²) in [5, 5.41) is 2.47. The lowest BCUT2D eigenvalue weighted by molar-refractivity contribution is 0.295. The van der Waals surface area contributed by atoms with E-state index in [1.165, 1.54) is 22.8 Å². The summed E-state index contributed by atoms with van der Waals surface area (Å²) in [6, 6.07) is 12.7. The van der Waals surface area contributed by atoms with Gasteiger partial charge in [0.15, 0.2) is 0 Å². The predicted molar refractivity (Wildman–Crippen MR) is 87.9 cm³/mol. The van der Waals surface area contributed by atoms with Gasteiger partial charge in [0.1, 0.15) is 0 Å². The fraction of sp³-hybridized carbons (Fsp3) is 0.412. The number of nitrogen functional groups attached to an aromatic ring is 1. The highest BCUT2D eigenvalue weighted by atomic mass is 15.1. The van der Waals surface area contributed by atoms with E-state index in [2.05, 4.69) is 67.3 Å². The molecule has 0 aliphatic rings.